The van der Waals surface area contributed by atoms with Crippen molar-refractivity contribution < 1.29 is 9.72 Å². The van der Waals surface area contributed by atoms with Crippen molar-refractivity contribution >= 4 is 5.78 Å². The molecule has 20 heavy (non-hydrogen) atoms. The summed E-state index contributed by atoms with van der Waals surface area (Å²) < 4.78 is 0. The van der Waals surface area contributed by atoms with E-state index in [2.05, 4.69) is 0 Å². The van der Waals surface area contributed by atoms with Crippen molar-refractivity contribution in [2.75, 3.05) is 0 Å². The lowest BCUT2D eigenvalue weighted by molar-refractivity contribution is -0.532. The van der Waals surface area contributed by atoms with Crippen LogP contribution in [0.1, 0.15) is 42.7 Å². The van der Waals surface area contributed by atoms with Crippen LogP contribution in [0.5, 0.6) is 0 Å². The molecule has 4 nitrogen and oxygen atoms in total. The molecule has 2 aliphatic carbocycles. The fourth-order valence-corrected chi connectivity index (χ4v) is 4.02. The van der Waals surface area contributed by atoms with Crippen molar-refractivity contribution in [3.8, 4) is 0 Å². The Morgan fingerprint density at radius 3 is 2.80 bits per heavy atom. The first-order valence-corrected chi connectivity index (χ1v) is 7.31. The van der Waals surface area contributed by atoms with Gasteiger partial charge < -0.3 is 0 Å². The van der Waals surface area contributed by atoms with E-state index in [1.807, 2.05) is 31.2 Å². The Hall–Kier alpha value is -1.71. The second-order valence-corrected chi connectivity index (χ2v) is 6.17. The average Bonchev–Trinajstić information content (AvgIpc) is 2.38. The van der Waals surface area contributed by atoms with Crippen LogP contribution < -0.4 is 0 Å². The van der Waals surface area contributed by atoms with E-state index < -0.39 is 6.04 Å². The average molecular weight is 273 g/mol. The van der Waals surface area contributed by atoms with Gasteiger partial charge in [-0.05, 0) is 25.3 Å². The number of aryl methyl sites for hydroxylation is 1. The maximum Gasteiger partial charge on any atom is 0.221 e. The molecule has 3 rings (SSSR count). The summed E-state index contributed by atoms with van der Waals surface area (Å²) in [5.41, 5.74) is 2.06. The summed E-state index contributed by atoms with van der Waals surface area (Å²) in [6.07, 6.45) is 3.08. The molecule has 0 unspecified atom stereocenters. The number of ketones is 1. The van der Waals surface area contributed by atoms with E-state index in [4.69, 9.17) is 0 Å². The highest BCUT2D eigenvalue weighted by Gasteiger charge is 2.51. The second-order valence-electron chi connectivity index (χ2n) is 6.17. The van der Waals surface area contributed by atoms with Crippen LogP contribution in [0.15, 0.2) is 24.3 Å². The number of carbonyl (C=O) groups excluding carboxylic acids is 1. The molecular weight excluding hydrogens is 254 g/mol. The summed E-state index contributed by atoms with van der Waals surface area (Å²) in [5.74, 6) is -0.209. The van der Waals surface area contributed by atoms with Crippen molar-refractivity contribution in [3.05, 3.63) is 45.5 Å². The van der Waals surface area contributed by atoms with Gasteiger partial charge in [-0.2, -0.15) is 0 Å². The Morgan fingerprint density at radius 2 is 2.10 bits per heavy atom. The SMILES string of the molecule is Cc1cccc([C@H]2[C@@H]3CCC[C@H](C[C@@H]2[N+](=O)[O-])C3=O)c1. The molecule has 4 atom stereocenters. The van der Waals surface area contributed by atoms with E-state index in [9.17, 15) is 14.9 Å². The first-order chi connectivity index (χ1) is 9.58. The molecule has 0 aromatic heterocycles. The summed E-state index contributed by atoms with van der Waals surface area (Å²) >= 11 is 0. The largest absolute Gasteiger partial charge is 0.299 e. The van der Waals surface area contributed by atoms with Crippen LogP contribution in [0.4, 0.5) is 0 Å². The molecule has 0 heterocycles. The zero-order chi connectivity index (χ0) is 14.3. The highest BCUT2D eigenvalue weighted by molar-refractivity contribution is 5.86. The van der Waals surface area contributed by atoms with Crippen molar-refractivity contribution in [2.45, 2.75) is 44.6 Å². The Kier molecular flexibility index (Phi) is 3.32. The zero-order valence-electron chi connectivity index (χ0n) is 11.6. The van der Waals surface area contributed by atoms with Gasteiger partial charge in [0.05, 0.1) is 5.92 Å². The number of rotatable bonds is 2. The standard InChI is InChI=1S/C16H19NO3/c1-10-4-2-5-11(8-10)15-13-7-3-6-12(16(13)18)9-14(15)17(19)20/h2,4-5,8,12-15H,3,6-7,9H2,1H3/t12-,13+,14+,15+/m1/s1. The summed E-state index contributed by atoms with van der Waals surface area (Å²) in [7, 11) is 0. The summed E-state index contributed by atoms with van der Waals surface area (Å²) in [6, 6.07) is 7.25. The number of hydrogen-bond acceptors (Lipinski definition) is 3. The van der Waals surface area contributed by atoms with Crippen molar-refractivity contribution in [1.29, 1.82) is 0 Å². The summed E-state index contributed by atoms with van der Waals surface area (Å²) in [5, 5.41) is 11.5. The lowest BCUT2D eigenvalue weighted by Crippen LogP contribution is -2.47. The molecule has 0 aliphatic heterocycles. The smallest absolute Gasteiger partial charge is 0.221 e. The van der Waals surface area contributed by atoms with E-state index in [0.717, 1.165) is 30.4 Å². The Labute approximate surface area is 118 Å². The summed E-state index contributed by atoms with van der Waals surface area (Å²) in [6.45, 7) is 1.99. The zero-order valence-corrected chi connectivity index (χ0v) is 11.6. The first kappa shape index (κ1) is 13.3. The van der Waals surface area contributed by atoms with Crippen LogP contribution >= 0.6 is 0 Å². The molecule has 2 saturated carbocycles. The number of fused-ring (bicyclic) bond motifs is 2. The lowest BCUT2D eigenvalue weighted by atomic mass is 9.62. The second kappa shape index (κ2) is 5.00. The van der Waals surface area contributed by atoms with Gasteiger partial charge in [-0.15, -0.1) is 0 Å². The van der Waals surface area contributed by atoms with Crippen molar-refractivity contribution in [3.63, 3.8) is 0 Å². The number of benzene rings is 1. The maximum atomic E-state index is 12.4. The van der Waals surface area contributed by atoms with Crippen LogP contribution in [-0.4, -0.2) is 16.7 Å². The Bertz CT molecular complexity index is 552. The van der Waals surface area contributed by atoms with E-state index in [-0.39, 0.29) is 28.5 Å². The van der Waals surface area contributed by atoms with Crippen LogP contribution in [0.2, 0.25) is 0 Å². The monoisotopic (exact) mass is 273 g/mol. The number of nitro groups is 1. The van der Waals surface area contributed by atoms with Gasteiger partial charge in [0.1, 0.15) is 5.78 Å². The minimum atomic E-state index is -0.607. The predicted molar refractivity (Wildman–Crippen MR) is 75.2 cm³/mol. The van der Waals surface area contributed by atoms with Crippen LogP contribution in [-0.2, 0) is 4.79 Å². The molecule has 1 aromatic rings. The number of carbonyl (C=O) groups is 1. The third-order valence-corrected chi connectivity index (χ3v) is 4.91. The number of Topliss-reactive ketones (excluding diaryl/α,β-unsaturated/α-hetero) is 1. The van der Waals surface area contributed by atoms with E-state index in [0.29, 0.717) is 6.42 Å². The van der Waals surface area contributed by atoms with Gasteiger partial charge in [-0.3, -0.25) is 14.9 Å². The van der Waals surface area contributed by atoms with Gasteiger partial charge in [0, 0.05) is 23.2 Å². The van der Waals surface area contributed by atoms with Crippen molar-refractivity contribution in [2.24, 2.45) is 11.8 Å². The molecule has 0 N–H and O–H groups in total. The van der Waals surface area contributed by atoms with Crippen LogP contribution in [0.25, 0.3) is 0 Å². The topological polar surface area (TPSA) is 60.2 Å². The number of hydrogen-bond donors (Lipinski definition) is 0. The normalized spacial score (nSPS) is 33.0. The fraction of sp³-hybridized carbons (Fsp3) is 0.562. The van der Waals surface area contributed by atoms with Gasteiger partial charge in [-0.25, -0.2) is 0 Å². The first-order valence-electron chi connectivity index (χ1n) is 7.31. The summed E-state index contributed by atoms with van der Waals surface area (Å²) in [4.78, 5) is 23.7. The van der Waals surface area contributed by atoms with Gasteiger partial charge >= 0.3 is 0 Å². The quantitative estimate of drug-likeness (QED) is 0.614. The van der Waals surface area contributed by atoms with Gasteiger partial charge in [0.15, 0.2) is 0 Å². The van der Waals surface area contributed by atoms with Gasteiger partial charge in [0.2, 0.25) is 6.04 Å². The Morgan fingerprint density at radius 1 is 1.30 bits per heavy atom. The molecule has 106 valence electrons. The maximum absolute atomic E-state index is 12.4. The fourth-order valence-electron chi connectivity index (χ4n) is 4.02. The van der Waals surface area contributed by atoms with Crippen LogP contribution in [0.3, 0.4) is 0 Å². The van der Waals surface area contributed by atoms with E-state index >= 15 is 0 Å². The minimum absolute atomic E-state index is 0.0785. The molecule has 0 amide bonds. The molecule has 2 fully saturated rings. The predicted octanol–water partition coefficient (Wildman–Crippen LogP) is 3.11. The van der Waals surface area contributed by atoms with Gasteiger partial charge in [0.25, 0.3) is 0 Å². The highest BCUT2D eigenvalue weighted by atomic mass is 16.6. The van der Waals surface area contributed by atoms with E-state index in [1.54, 1.807) is 0 Å². The molecule has 1 aromatic carbocycles. The molecule has 0 spiro atoms. The minimum Gasteiger partial charge on any atom is -0.299 e. The molecular formula is C16H19NO3. The van der Waals surface area contributed by atoms with Crippen LogP contribution in [0, 0.1) is 28.9 Å². The molecule has 0 saturated heterocycles. The third-order valence-electron chi connectivity index (χ3n) is 4.91. The molecule has 2 aliphatic rings. The molecule has 0 radical (unpaired) electrons. The van der Waals surface area contributed by atoms with E-state index in [1.165, 1.54) is 0 Å². The Balaban J connectivity index is 2.03. The third kappa shape index (κ3) is 2.13. The molecule has 4 heteroatoms. The lowest BCUT2D eigenvalue weighted by Gasteiger charge is -2.40. The highest BCUT2D eigenvalue weighted by Crippen LogP contribution is 2.46. The van der Waals surface area contributed by atoms with Crippen molar-refractivity contribution in [1.82, 2.24) is 0 Å². The van der Waals surface area contributed by atoms with Gasteiger partial charge in [-0.1, -0.05) is 36.2 Å². The number of nitrogens with zero attached hydrogens (tertiary/aromatic N) is 1. The molecule has 2 bridgehead atoms.